The van der Waals surface area contributed by atoms with Crippen LogP contribution in [0.25, 0.3) is 0 Å². The molecule has 0 aliphatic carbocycles. The average molecular weight is 323 g/mol. The van der Waals surface area contributed by atoms with E-state index in [2.05, 4.69) is 17.0 Å². The maximum Gasteiger partial charge on any atom is 0.316 e. The summed E-state index contributed by atoms with van der Waals surface area (Å²) in [4.78, 5) is 30.2. The Balaban J connectivity index is 1.60. The monoisotopic (exact) mass is 323 g/mol. The van der Waals surface area contributed by atoms with Crippen molar-refractivity contribution in [2.24, 2.45) is 0 Å². The Labute approximate surface area is 142 Å². The Hall–Kier alpha value is -2.82. The maximum atomic E-state index is 12.5. The lowest BCUT2D eigenvalue weighted by Crippen LogP contribution is -2.53. The minimum Gasteiger partial charge on any atom is -0.368 e. The fourth-order valence-electron chi connectivity index (χ4n) is 2.85. The number of amides is 2. The Morgan fingerprint density at radius 3 is 1.96 bits per heavy atom. The minimum atomic E-state index is -0.491. The number of hydrogen-bond acceptors (Lipinski definition) is 3. The Morgan fingerprint density at radius 1 is 0.833 bits per heavy atom. The molecule has 24 heavy (non-hydrogen) atoms. The highest BCUT2D eigenvalue weighted by atomic mass is 16.2. The topological polar surface area (TPSA) is 43.9 Å². The number of benzene rings is 2. The van der Waals surface area contributed by atoms with Crippen molar-refractivity contribution < 1.29 is 9.59 Å². The van der Waals surface area contributed by atoms with Crippen LogP contribution in [0.3, 0.4) is 0 Å². The van der Waals surface area contributed by atoms with Gasteiger partial charge in [0.05, 0.1) is 0 Å². The van der Waals surface area contributed by atoms with Gasteiger partial charge < -0.3 is 14.7 Å². The van der Waals surface area contributed by atoms with Crippen LogP contribution >= 0.6 is 0 Å². The molecule has 1 heterocycles. The smallest absolute Gasteiger partial charge is 0.316 e. The fraction of sp³-hybridized carbons (Fsp3) is 0.263. The van der Waals surface area contributed by atoms with Crippen molar-refractivity contribution in [3.8, 4) is 0 Å². The molecule has 5 nitrogen and oxygen atoms in total. The highest BCUT2D eigenvalue weighted by Crippen LogP contribution is 2.17. The maximum absolute atomic E-state index is 12.5. The van der Waals surface area contributed by atoms with Crippen molar-refractivity contribution >= 4 is 23.2 Å². The molecular weight excluding hydrogens is 302 g/mol. The van der Waals surface area contributed by atoms with Crippen LogP contribution in [-0.2, 0) is 9.59 Å². The average Bonchev–Trinajstić information content (AvgIpc) is 2.68. The Morgan fingerprint density at radius 2 is 1.38 bits per heavy atom. The second kappa shape index (κ2) is 7.17. The van der Waals surface area contributed by atoms with Gasteiger partial charge in [0.25, 0.3) is 0 Å². The van der Waals surface area contributed by atoms with Crippen molar-refractivity contribution in [2.45, 2.75) is 0 Å². The number of carbonyl (C=O) groups excluding carboxylic acids is 2. The molecule has 1 fully saturated rings. The van der Waals surface area contributed by atoms with Crippen molar-refractivity contribution in [3.05, 3.63) is 60.7 Å². The molecule has 1 aliphatic rings. The van der Waals surface area contributed by atoms with E-state index < -0.39 is 11.8 Å². The summed E-state index contributed by atoms with van der Waals surface area (Å²) in [6.07, 6.45) is 0. The molecule has 0 spiro atoms. The highest BCUT2D eigenvalue weighted by Gasteiger charge is 2.28. The molecule has 0 radical (unpaired) electrons. The molecule has 0 atom stereocenters. The quantitative estimate of drug-likeness (QED) is 0.794. The van der Waals surface area contributed by atoms with Crippen molar-refractivity contribution in [3.63, 3.8) is 0 Å². The normalized spacial score (nSPS) is 14.4. The van der Waals surface area contributed by atoms with Crippen LogP contribution in [0.4, 0.5) is 11.4 Å². The zero-order valence-electron chi connectivity index (χ0n) is 13.8. The number of likely N-dealkylation sites (N-methyl/N-ethyl adjacent to an activating group) is 1. The number of para-hydroxylation sites is 2. The SMILES string of the molecule is CN(C(=O)C(=O)N1CCN(c2ccccc2)CC1)c1ccccc1. The van der Waals surface area contributed by atoms with Gasteiger partial charge in [-0.1, -0.05) is 36.4 Å². The number of hydrogen-bond donors (Lipinski definition) is 0. The minimum absolute atomic E-state index is 0.436. The van der Waals surface area contributed by atoms with E-state index in [1.807, 2.05) is 48.5 Å². The molecule has 3 rings (SSSR count). The summed E-state index contributed by atoms with van der Waals surface area (Å²) in [5.41, 5.74) is 1.87. The molecule has 5 heteroatoms. The lowest BCUT2D eigenvalue weighted by molar-refractivity contribution is -0.144. The van der Waals surface area contributed by atoms with Crippen LogP contribution < -0.4 is 9.80 Å². The van der Waals surface area contributed by atoms with Gasteiger partial charge in [-0.25, -0.2) is 0 Å². The van der Waals surface area contributed by atoms with Gasteiger partial charge >= 0.3 is 11.8 Å². The van der Waals surface area contributed by atoms with Crippen molar-refractivity contribution in [1.82, 2.24) is 4.90 Å². The molecule has 1 saturated heterocycles. The van der Waals surface area contributed by atoms with Gasteiger partial charge in [0.15, 0.2) is 0 Å². The van der Waals surface area contributed by atoms with Crippen LogP contribution in [0.1, 0.15) is 0 Å². The van der Waals surface area contributed by atoms with Crippen LogP contribution in [0, 0.1) is 0 Å². The van der Waals surface area contributed by atoms with E-state index in [4.69, 9.17) is 0 Å². The molecule has 2 amide bonds. The van der Waals surface area contributed by atoms with Gasteiger partial charge in [-0.05, 0) is 24.3 Å². The van der Waals surface area contributed by atoms with E-state index in [1.54, 1.807) is 11.9 Å². The molecular formula is C19H21N3O2. The zero-order valence-corrected chi connectivity index (χ0v) is 13.8. The molecule has 0 saturated carbocycles. The largest absolute Gasteiger partial charge is 0.368 e. The first-order valence-electron chi connectivity index (χ1n) is 8.09. The molecule has 2 aromatic rings. The van der Waals surface area contributed by atoms with Gasteiger partial charge in [-0.3, -0.25) is 9.59 Å². The third-order valence-electron chi connectivity index (χ3n) is 4.32. The van der Waals surface area contributed by atoms with E-state index in [-0.39, 0.29) is 0 Å². The standard InChI is InChI=1S/C19H21N3O2/c1-20(16-8-4-2-5-9-16)18(23)19(24)22-14-12-21(13-15-22)17-10-6-3-7-11-17/h2-11H,12-15H2,1H3. The van der Waals surface area contributed by atoms with Crippen molar-refractivity contribution in [1.29, 1.82) is 0 Å². The lowest BCUT2D eigenvalue weighted by atomic mass is 10.2. The van der Waals surface area contributed by atoms with Crippen LogP contribution in [0.5, 0.6) is 0 Å². The van der Waals surface area contributed by atoms with Gasteiger partial charge in [0.2, 0.25) is 0 Å². The lowest BCUT2D eigenvalue weighted by Gasteiger charge is -2.36. The van der Waals surface area contributed by atoms with E-state index in [9.17, 15) is 9.59 Å². The summed E-state index contributed by atoms with van der Waals surface area (Å²) in [6.45, 7) is 2.58. The van der Waals surface area contributed by atoms with E-state index in [1.165, 1.54) is 4.90 Å². The summed E-state index contributed by atoms with van der Waals surface area (Å²) in [7, 11) is 1.63. The summed E-state index contributed by atoms with van der Waals surface area (Å²) in [5, 5.41) is 0. The van der Waals surface area contributed by atoms with Gasteiger partial charge in [-0.2, -0.15) is 0 Å². The molecule has 0 bridgehead atoms. The van der Waals surface area contributed by atoms with Gasteiger partial charge in [0, 0.05) is 44.6 Å². The number of piperazine rings is 1. The second-order valence-corrected chi connectivity index (χ2v) is 5.81. The predicted octanol–water partition coefficient (Wildman–Crippen LogP) is 2.00. The molecule has 124 valence electrons. The number of nitrogens with zero attached hydrogens (tertiary/aromatic N) is 3. The first-order chi connectivity index (χ1) is 11.7. The Kier molecular flexibility index (Phi) is 4.79. The van der Waals surface area contributed by atoms with Crippen molar-refractivity contribution in [2.75, 3.05) is 43.0 Å². The first-order valence-corrected chi connectivity index (χ1v) is 8.09. The van der Waals surface area contributed by atoms with E-state index in [0.717, 1.165) is 24.5 Å². The number of rotatable bonds is 2. The molecule has 0 N–H and O–H groups in total. The summed E-state index contributed by atoms with van der Waals surface area (Å²) >= 11 is 0. The fourth-order valence-corrected chi connectivity index (χ4v) is 2.85. The summed E-state index contributed by atoms with van der Waals surface area (Å²) < 4.78 is 0. The zero-order chi connectivity index (χ0) is 16.9. The summed E-state index contributed by atoms with van der Waals surface area (Å²) in [6, 6.07) is 19.3. The molecule has 2 aromatic carbocycles. The van der Waals surface area contributed by atoms with E-state index >= 15 is 0 Å². The Bertz CT molecular complexity index is 695. The molecule has 0 aromatic heterocycles. The number of carbonyl (C=O) groups is 2. The van der Waals surface area contributed by atoms with Gasteiger partial charge in [-0.15, -0.1) is 0 Å². The van der Waals surface area contributed by atoms with Crippen LogP contribution in [0.15, 0.2) is 60.7 Å². The van der Waals surface area contributed by atoms with Crippen LogP contribution in [0.2, 0.25) is 0 Å². The predicted molar refractivity (Wildman–Crippen MR) is 95.1 cm³/mol. The number of anilines is 2. The summed E-state index contributed by atoms with van der Waals surface area (Å²) in [5.74, 6) is -0.927. The second-order valence-electron chi connectivity index (χ2n) is 5.81. The third kappa shape index (κ3) is 3.40. The first kappa shape index (κ1) is 16.1. The third-order valence-corrected chi connectivity index (χ3v) is 4.32. The van der Waals surface area contributed by atoms with Gasteiger partial charge in [0.1, 0.15) is 0 Å². The molecule has 0 unspecified atom stereocenters. The highest BCUT2D eigenvalue weighted by molar-refractivity contribution is 6.40. The van der Waals surface area contributed by atoms with E-state index in [0.29, 0.717) is 13.1 Å². The van der Waals surface area contributed by atoms with Crippen LogP contribution in [-0.4, -0.2) is 49.9 Å². The molecule has 1 aliphatic heterocycles.